The first-order valence-electron chi connectivity index (χ1n) is 3.40. The summed E-state index contributed by atoms with van der Waals surface area (Å²) < 4.78 is 1.44. The highest BCUT2D eigenvalue weighted by atomic mass is 16.1. The molecule has 0 unspecified atom stereocenters. The molecular formula is C7H9N3O2. The van der Waals surface area contributed by atoms with Gasteiger partial charge in [-0.05, 0) is 0 Å². The molecule has 0 saturated heterocycles. The second-order valence-corrected chi connectivity index (χ2v) is 2.37. The Labute approximate surface area is 69.4 Å². The summed E-state index contributed by atoms with van der Waals surface area (Å²) in [4.78, 5) is 21.1. The number of aromatic nitrogens is 2. The maximum Gasteiger partial charge on any atom is 0.222 e. The predicted octanol–water partition coefficient (Wildman–Crippen LogP) is 0.191. The first-order chi connectivity index (χ1) is 5.65. The highest BCUT2D eigenvalue weighted by Gasteiger charge is 2.07. The van der Waals surface area contributed by atoms with E-state index in [4.69, 9.17) is 0 Å². The van der Waals surface area contributed by atoms with Gasteiger partial charge in [-0.25, -0.2) is 0 Å². The molecule has 1 amide bonds. The Balaban J connectivity index is 3.01. The van der Waals surface area contributed by atoms with Crippen LogP contribution < -0.4 is 5.32 Å². The summed E-state index contributed by atoms with van der Waals surface area (Å²) in [6.07, 6.45) is 2.05. The molecule has 0 saturated carbocycles. The Hall–Kier alpha value is -1.65. The first kappa shape index (κ1) is 8.45. The molecule has 5 nitrogen and oxygen atoms in total. The van der Waals surface area contributed by atoms with E-state index in [2.05, 4.69) is 10.4 Å². The Morgan fingerprint density at radius 2 is 2.42 bits per heavy atom. The van der Waals surface area contributed by atoms with Crippen molar-refractivity contribution in [1.82, 2.24) is 9.78 Å². The van der Waals surface area contributed by atoms with Crippen molar-refractivity contribution >= 4 is 18.0 Å². The monoisotopic (exact) mass is 167 g/mol. The van der Waals surface area contributed by atoms with Gasteiger partial charge in [0, 0.05) is 14.0 Å². The molecule has 1 heterocycles. The van der Waals surface area contributed by atoms with E-state index >= 15 is 0 Å². The highest BCUT2D eigenvalue weighted by Crippen LogP contribution is 2.10. The number of hydrogen-bond donors (Lipinski definition) is 1. The van der Waals surface area contributed by atoms with Gasteiger partial charge in [-0.3, -0.25) is 14.3 Å². The lowest BCUT2D eigenvalue weighted by atomic mass is 10.3. The van der Waals surface area contributed by atoms with Crippen molar-refractivity contribution in [3.8, 4) is 0 Å². The van der Waals surface area contributed by atoms with Gasteiger partial charge in [-0.2, -0.15) is 5.10 Å². The molecule has 12 heavy (non-hydrogen) atoms. The van der Waals surface area contributed by atoms with Gasteiger partial charge in [0.05, 0.1) is 11.8 Å². The van der Waals surface area contributed by atoms with E-state index in [0.717, 1.165) is 0 Å². The number of carbonyl (C=O) groups is 2. The van der Waals surface area contributed by atoms with Crippen molar-refractivity contribution in [3.05, 3.63) is 11.8 Å². The number of aldehydes is 1. The van der Waals surface area contributed by atoms with E-state index < -0.39 is 0 Å². The summed E-state index contributed by atoms with van der Waals surface area (Å²) in [5.74, 6) is 0.208. The largest absolute Gasteiger partial charge is 0.311 e. The number of nitrogens with zero attached hydrogens (tertiary/aromatic N) is 2. The predicted molar refractivity (Wildman–Crippen MR) is 42.9 cm³/mol. The van der Waals surface area contributed by atoms with Crippen LogP contribution >= 0.6 is 0 Å². The fourth-order valence-electron chi connectivity index (χ4n) is 0.861. The normalized spacial score (nSPS) is 9.50. The maximum absolute atomic E-state index is 10.7. The van der Waals surface area contributed by atoms with E-state index in [1.54, 1.807) is 7.05 Å². The SMILES string of the molecule is CC(=O)Nc1c(C=O)cnn1C. The highest BCUT2D eigenvalue weighted by molar-refractivity contribution is 5.93. The number of anilines is 1. The molecule has 0 aliphatic rings. The number of rotatable bonds is 2. The molecule has 1 aromatic heterocycles. The molecule has 0 aromatic carbocycles. The van der Waals surface area contributed by atoms with E-state index in [9.17, 15) is 9.59 Å². The summed E-state index contributed by atoms with van der Waals surface area (Å²) >= 11 is 0. The fraction of sp³-hybridized carbons (Fsp3) is 0.286. The van der Waals surface area contributed by atoms with Gasteiger partial charge >= 0.3 is 0 Å². The van der Waals surface area contributed by atoms with E-state index in [0.29, 0.717) is 17.7 Å². The van der Waals surface area contributed by atoms with Crippen LogP contribution in [0.2, 0.25) is 0 Å². The summed E-state index contributed by atoms with van der Waals surface area (Å²) in [6, 6.07) is 0. The molecule has 0 radical (unpaired) electrons. The number of carbonyl (C=O) groups excluding carboxylic acids is 2. The molecule has 0 atom stereocenters. The van der Waals surface area contributed by atoms with Crippen molar-refractivity contribution < 1.29 is 9.59 Å². The average molecular weight is 167 g/mol. The lowest BCUT2D eigenvalue weighted by Crippen LogP contribution is -2.11. The topological polar surface area (TPSA) is 64.0 Å². The Bertz CT molecular complexity index is 316. The van der Waals surface area contributed by atoms with Crippen LogP contribution in [0.4, 0.5) is 5.82 Å². The zero-order valence-corrected chi connectivity index (χ0v) is 6.87. The van der Waals surface area contributed by atoms with Crippen LogP contribution in [-0.4, -0.2) is 22.0 Å². The zero-order chi connectivity index (χ0) is 9.14. The van der Waals surface area contributed by atoms with Crippen molar-refractivity contribution in [1.29, 1.82) is 0 Å². The van der Waals surface area contributed by atoms with Crippen LogP contribution in [0.1, 0.15) is 17.3 Å². The number of nitrogens with one attached hydrogen (secondary N) is 1. The molecule has 0 bridgehead atoms. The van der Waals surface area contributed by atoms with Gasteiger partial charge in [0.15, 0.2) is 6.29 Å². The lowest BCUT2D eigenvalue weighted by molar-refractivity contribution is -0.114. The first-order valence-corrected chi connectivity index (χ1v) is 3.40. The van der Waals surface area contributed by atoms with E-state index in [1.165, 1.54) is 17.8 Å². The summed E-state index contributed by atoms with van der Waals surface area (Å²) in [5, 5.41) is 6.31. The Morgan fingerprint density at radius 1 is 1.75 bits per heavy atom. The Kier molecular flexibility index (Phi) is 2.23. The van der Waals surface area contributed by atoms with Gasteiger partial charge in [-0.1, -0.05) is 0 Å². The molecule has 1 aromatic rings. The molecule has 5 heteroatoms. The second-order valence-electron chi connectivity index (χ2n) is 2.37. The second kappa shape index (κ2) is 3.17. The fourth-order valence-corrected chi connectivity index (χ4v) is 0.861. The minimum absolute atomic E-state index is 0.221. The minimum Gasteiger partial charge on any atom is -0.311 e. The van der Waals surface area contributed by atoms with Gasteiger partial charge in [0.1, 0.15) is 5.82 Å². The summed E-state index contributed by atoms with van der Waals surface area (Å²) in [6.45, 7) is 1.38. The van der Waals surface area contributed by atoms with Crippen molar-refractivity contribution in [2.24, 2.45) is 7.05 Å². The summed E-state index contributed by atoms with van der Waals surface area (Å²) in [7, 11) is 1.65. The molecule has 1 rings (SSSR count). The van der Waals surface area contributed by atoms with Crippen LogP contribution in [0.5, 0.6) is 0 Å². The van der Waals surface area contributed by atoms with Crippen molar-refractivity contribution in [2.75, 3.05) is 5.32 Å². The Morgan fingerprint density at radius 3 is 2.92 bits per heavy atom. The lowest BCUT2D eigenvalue weighted by Gasteiger charge is -2.01. The number of aryl methyl sites for hydroxylation is 1. The molecule has 0 fully saturated rings. The van der Waals surface area contributed by atoms with Gasteiger partial charge < -0.3 is 5.32 Å². The van der Waals surface area contributed by atoms with Crippen LogP contribution in [0.15, 0.2) is 6.20 Å². The van der Waals surface area contributed by atoms with Crippen molar-refractivity contribution in [2.45, 2.75) is 6.92 Å². The van der Waals surface area contributed by atoms with Crippen LogP contribution in [0, 0.1) is 0 Å². The third-order valence-corrected chi connectivity index (χ3v) is 1.39. The molecule has 1 N–H and O–H groups in total. The molecule has 0 aliphatic heterocycles. The quantitative estimate of drug-likeness (QED) is 0.639. The molecule has 0 aliphatic carbocycles. The number of amides is 1. The summed E-state index contributed by atoms with van der Waals surface area (Å²) in [5.41, 5.74) is 0.382. The maximum atomic E-state index is 10.7. The van der Waals surface area contributed by atoms with E-state index in [1.807, 2.05) is 0 Å². The van der Waals surface area contributed by atoms with Gasteiger partial charge in [-0.15, -0.1) is 0 Å². The third kappa shape index (κ3) is 1.50. The van der Waals surface area contributed by atoms with Gasteiger partial charge in [0.2, 0.25) is 5.91 Å². The molecule has 0 spiro atoms. The van der Waals surface area contributed by atoms with E-state index in [-0.39, 0.29) is 5.91 Å². The van der Waals surface area contributed by atoms with Crippen molar-refractivity contribution in [3.63, 3.8) is 0 Å². The standard InChI is InChI=1S/C7H9N3O2/c1-5(12)9-7-6(4-11)3-8-10(7)2/h3-4H,1-2H3,(H,9,12). The van der Waals surface area contributed by atoms with Crippen LogP contribution in [0.3, 0.4) is 0 Å². The smallest absolute Gasteiger partial charge is 0.222 e. The average Bonchev–Trinajstić information content (AvgIpc) is 2.32. The zero-order valence-electron chi connectivity index (χ0n) is 6.87. The van der Waals surface area contributed by atoms with Gasteiger partial charge in [0.25, 0.3) is 0 Å². The third-order valence-electron chi connectivity index (χ3n) is 1.39. The number of hydrogen-bond acceptors (Lipinski definition) is 3. The molecular weight excluding hydrogens is 158 g/mol. The molecule has 64 valence electrons. The minimum atomic E-state index is -0.221. The van der Waals surface area contributed by atoms with Crippen LogP contribution in [0.25, 0.3) is 0 Å². The van der Waals surface area contributed by atoms with Crippen LogP contribution in [-0.2, 0) is 11.8 Å².